The standard InChI is InChI=1S/C23H27N3O4/c1-15-7-5-6-8-19(15)30-16-9-11-26(12-10-16)23-17-13-20(27-2)22(29-4)21(28-3)18(17)14-24-25-23/h5-8,13-14,16H,9-12H2,1-4H3. The molecular weight excluding hydrogens is 382 g/mol. The number of hydrogen-bond acceptors (Lipinski definition) is 7. The lowest BCUT2D eigenvalue weighted by atomic mass is 10.1. The Hall–Kier alpha value is -3.22. The number of anilines is 1. The van der Waals surface area contributed by atoms with Crippen molar-refractivity contribution in [3.63, 3.8) is 0 Å². The molecule has 30 heavy (non-hydrogen) atoms. The third-order valence-corrected chi connectivity index (χ3v) is 5.58. The van der Waals surface area contributed by atoms with Crippen molar-refractivity contribution in [3.05, 3.63) is 42.1 Å². The highest BCUT2D eigenvalue weighted by atomic mass is 16.5. The lowest BCUT2D eigenvalue weighted by molar-refractivity contribution is 0.169. The molecule has 0 bridgehead atoms. The Labute approximate surface area is 176 Å². The molecule has 0 spiro atoms. The van der Waals surface area contributed by atoms with Gasteiger partial charge in [0.1, 0.15) is 11.9 Å². The minimum Gasteiger partial charge on any atom is -0.493 e. The average Bonchev–Trinajstić information content (AvgIpc) is 2.79. The van der Waals surface area contributed by atoms with E-state index in [9.17, 15) is 0 Å². The topological polar surface area (TPSA) is 65.9 Å². The van der Waals surface area contributed by atoms with Crippen molar-refractivity contribution in [2.45, 2.75) is 25.9 Å². The monoisotopic (exact) mass is 409 g/mol. The predicted octanol–water partition coefficient (Wildman–Crippen LogP) is 4.01. The van der Waals surface area contributed by atoms with E-state index in [4.69, 9.17) is 18.9 Å². The highest BCUT2D eigenvalue weighted by molar-refractivity contribution is 5.99. The van der Waals surface area contributed by atoms with E-state index < -0.39 is 0 Å². The van der Waals surface area contributed by atoms with Crippen molar-refractivity contribution in [2.75, 3.05) is 39.3 Å². The van der Waals surface area contributed by atoms with Crippen molar-refractivity contribution in [2.24, 2.45) is 0 Å². The minimum absolute atomic E-state index is 0.189. The first kappa shape index (κ1) is 20.1. The second-order valence-corrected chi connectivity index (χ2v) is 7.34. The molecule has 1 aromatic heterocycles. The average molecular weight is 409 g/mol. The van der Waals surface area contributed by atoms with Gasteiger partial charge in [-0.05, 0) is 24.6 Å². The summed E-state index contributed by atoms with van der Waals surface area (Å²) in [7, 11) is 4.83. The highest BCUT2D eigenvalue weighted by Crippen LogP contribution is 2.45. The molecule has 0 radical (unpaired) electrons. The van der Waals surface area contributed by atoms with E-state index in [2.05, 4.69) is 28.1 Å². The van der Waals surface area contributed by atoms with Crippen LogP contribution in [0.15, 0.2) is 36.5 Å². The van der Waals surface area contributed by atoms with Gasteiger partial charge in [-0.25, -0.2) is 0 Å². The fourth-order valence-electron chi connectivity index (χ4n) is 3.97. The molecule has 0 saturated carbocycles. The van der Waals surface area contributed by atoms with Gasteiger partial charge in [0.2, 0.25) is 5.75 Å². The summed E-state index contributed by atoms with van der Waals surface area (Å²) < 4.78 is 22.9. The molecule has 2 heterocycles. The summed E-state index contributed by atoms with van der Waals surface area (Å²) in [6.07, 6.45) is 3.72. The van der Waals surface area contributed by atoms with Gasteiger partial charge >= 0.3 is 0 Å². The summed E-state index contributed by atoms with van der Waals surface area (Å²) in [4.78, 5) is 2.25. The SMILES string of the molecule is COc1cc2c(N3CCC(Oc4ccccc4C)CC3)nncc2c(OC)c1OC. The van der Waals surface area contributed by atoms with E-state index in [-0.39, 0.29) is 6.10 Å². The van der Waals surface area contributed by atoms with E-state index in [1.807, 2.05) is 24.3 Å². The second-order valence-electron chi connectivity index (χ2n) is 7.34. The maximum Gasteiger partial charge on any atom is 0.204 e. The number of fused-ring (bicyclic) bond motifs is 1. The van der Waals surface area contributed by atoms with Gasteiger partial charge in [-0.2, -0.15) is 5.10 Å². The Balaban J connectivity index is 1.59. The van der Waals surface area contributed by atoms with Crippen molar-refractivity contribution < 1.29 is 18.9 Å². The van der Waals surface area contributed by atoms with Crippen LogP contribution in [0.3, 0.4) is 0 Å². The van der Waals surface area contributed by atoms with E-state index in [1.54, 1.807) is 27.5 Å². The summed E-state index contributed by atoms with van der Waals surface area (Å²) in [5, 5.41) is 10.4. The van der Waals surface area contributed by atoms with Crippen molar-refractivity contribution in [3.8, 4) is 23.0 Å². The number of hydrogen-bond donors (Lipinski definition) is 0. The van der Waals surface area contributed by atoms with Crippen LogP contribution in [0.25, 0.3) is 10.8 Å². The van der Waals surface area contributed by atoms with Gasteiger partial charge in [0.25, 0.3) is 0 Å². The molecule has 1 aliphatic rings. The van der Waals surface area contributed by atoms with Crippen LogP contribution in [0.5, 0.6) is 23.0 Å². The van der Waals surface area contributed by atoms with Crippen LogP contribution in [0.4, 0.5) is 5.82 Å². The first-order valence-electron chi connectivity index (χ1n) is 10.1. The van der Waals surface area contributed by atoms with E-state index in [0.717, 1.165) is 53.8 Å². The van der Waals surface area contributed by atoms with Gasteiger partial charge in [0.15, 0.2) is 17.3 Å². The van der Waals surface area contributed by atoms with E-state index >= 15 is 0 Å². The maximum absolute atomic E-state index is 6.24. The summed E-state index contributed by atoms with van der Waals surface area (Å²) in [5.41, 5.74) is 1.16. The second kappa shape index (κ2) is 8.65. The highest BCUT2D eigenvalue weighted by Gasteiger charge is 2.25. The van der Waals surface area contributed by atoms with Crippen LogP contribution in [-0.4, -0.2) is 50.7 Å². The Morgan fingerprint density at radius 2 is 1.63 bits per heavy atom. The zero-order valence-electron chi connectivity index (χ0n) is 17.8. The quantitative estimate of drug-likeness (QED) is 0.609. The first-order chi connectivity index (χ1) is 14.7. The van der Waals surface area contributed by atoms with Crippen molar-refractivity contribution in [1.29, 1.82) is 0 Å². The third kappa shape index (κ3) is 3.67. The lowest BCUT2D eigenvalue weighted by Gasteiger charge is -2.33. The van der Waals surface area contributed by atoms with Gasteiger partial charge in [0, 0.05) is 31.3 Å². The number of aryl methyl sites for hydroxylation is 1. The fourth-order valence-corrected chi connectivity index (χ4v) is 3.97. The number of rotatable bonds is 6. The molecule has 3 aromatic rings. The molecule has 4 rings (SSSR count). The van der Waals surface area contributed by atoms with Crippen molar-refractivity contribution >= 4 is 16.6 Å². The van der Waals surface area contributed by atoms with Crippen LogP contribution in [0, 0.1) is 6.92 Å². The largest absolute Gasteiger partial charge is 0.493 e. The number of methoxy groups -OCH3 is 3. The molecule has 0 unspecified atom stereocenters. The molecule has 2 aromatic carbocycles. The molecule has 158 valence electrons. The van der Waals surface area contributed by atoms with E-state index in [0.29, 0.717) is 17.2 Å². The molecule has 1 fully saturated rings. The molecule has 7 heteroatoms. The summed E-state index contributed by atoms with van der Waals surface area (Å²) in [5.74, 6) is 3.54. The molecule has 7 nitrogen and oxygen atoms in total. The molecular formula is C23H27N3O4. The molecule has 1 aliphatic heterocycles. The normalized spacial score (nSPS) is 14.6. The van der Waals surface area contributed by atoms with Gasteiger partial charge in [-0.1, -0.05) is 18.2 Å². The van der Waals surface area contributed by atoms with Gasteiger partial charge < -0.3 is 23.8 Å². The van der Waals surface area contributed by atoms with Crippen LogP contribution < -0.4 is 23.8 Å². The van der Waals surface area contributed by atoms with Crippen molar-refractivity contribution in [1.82, 2.24) is 10.2 Å². The number of nitrogens with zero attached hydrogens (tertiary/aromatic N) is 3. The molecule has 0 amide bonds. The zero-order chi connectivity index (χ0) is 21.1. The van der Waals surface area contributed by atoms with Gasteiger partial charge in [-0.15, -0.1) is 5.10 Å². The molecule has 0 atom stereocenters. The molecule has 0 N–H and O–H groups in total. The van der Waals surface area contributed by atoms with E-state index in [1.165, 1.54) is 0 Å². The number of para-hydroxylation sites is 1. The number of piperidine rings is 1. The molecule has 0 aliphatic carbocycles. The van der Waals surface area contributed by atoms with Crippen LogP contribution in [0.2, 0.25) is 0 Å². The first-order valence-corrected chi connectivity index (χ1v) is 10.1. The summed E-state index contributed by atoms with van der Waals surface area (Å²) >= 11 is 0. The Morgan fingerprint density at radius 3 is 2.30 bits per heavy atom. The smallest absolute Gasteiger partial charge is 0.204 e. The Kier molecular flexibility index (Phi) is 5.79. The lowest BCUT2D eigenvalue weighted by Crippen LogP contribution is -2.39. The minimum atomic E-state index is 0.189. The van der Waals surface area contributed by atoms with Crippen LogP contribution in [0.1, 0.15) is 18.4 Å². The van der Waals surface area contributed by atoms with Gasteiger partial charge in [-0.3, -0.25) is 0 Å². The number of benzene rings is 2. The fraction of sp³-hybridized carbons (Fsp3) is 0.391. The Bertz CT molecular complexity index is 1030. The maximum atomic E-state index is 6.24. The number of ether oxygens (including phenoxy) is 4. The summed E-state index contributed by atoms with van der Waals surface area (Å²) in [6.45, 7) is 3.74. The number of aromatic nitrogens is 2. The van der Waals surface area contributed by atoms with Crippen LogP contribution in [-0.2, 0) is 0 Å². The van der Waals surface area contributed by atoms with Crippen LogP contribution >= 0.6 is 0 Å². The molecule has 1 saturated heterocycles. The summed E-state index contributed by atoms with van der Waals surface area (Å²) in [6, 6.07) is 10.1. The van der Waals surface area contributed by atoms with Gasteiger partial charge in [0.05, 0.1) is 32.9 Å². The third-order valence-electron chi connectivity index (χ3n) is 5.58. The Morgan fingerprint density at radius 1 is 0.900 bits per heavy atom. The predicted molar refractivity (Wildman–Crippen MR) is 116 cm³/mol. The zero-order valence-corrected chi connectivity index (χ0v) is 17.8.